The first-order valence-electron chi connectivity index (χ1n) is 6.59. The maximum atomic E-state index is 6.14. The average molecular weight is 352 g/mol. The minimum atomic E-state index is 0.409. The Bertz CT molecular complexity index is 729. The minimum absolute atomic E-state index is 0.409. The first kappa shape index (κ1) is 16.7. The number of aryl methyl sites for hydroxylation is 1. The van der Waals surface area contributed by atoms with Crippen molar-refractivity contribution in [2.45, 2.75) is 13.8 Å². The van der Waals surface area contributed by atoms with Gasteiger partial charge in [0, 0.05) is 21.3 Å². The van der Waals surface area contributed by atoms with E-state index in [2.05, 4.69) is 15.8 Å². The fourth-order valence-corrected chi connectivity index (χ4v) is 2.42. The molecule has 2 rings (SSSR count). The zero-order chi connectivity index (χ0) is 16.1. The van der Waals surface area contributed by atoms with Crippen molar-refractivity contribution in [3.8, 4) is 0 Å². The summed E-state index contributed by atoms with van der Waals surface area (Å²) >= 11 is 17.4. The van der Waals surface area contributed by atoms with Crippen LogP contribution >= 0.6 is 35.4 Å². The number of rotatable bonds is 3. The molecular formula is C16H15Cl2N3S. The Balaban J connectivity index is 2.06. The van der Waals surface area contributed by atoms with Gasteiger partial charge in [-0.3, -0.25) is 5.43 Å². The highest BCUT2D eigenvalue weighted by Crippen LogP contribution is 2.21. The summed E-state index contributed by atoms with van der Waals surface area (Å²) in [5.74, 6) is 0. The van der Waals surface area contributed by atoms with Crippen LogP contribution in [-0.4, -0.2) is 10.8 Å². The number of halogens is 2. The highest BCUT2D eigenvalue weighted by atomic mass is 35.5. The SMILES string of the molecule is C/C(=N/NC(=S)Nc1ccccc1C)c1cc(Cl)ccc1Cl. The number of hydrazone groups is 1. The molecule has 0 aliphatic heterocycles. The lowest BCUT2D eigenvalue weighted by Crippen LogP contribution is -2.25. The minimum Gasteiger partial charge on any atom is -0.331 e. The van der Waals surface area contributed by atoms with Gasteiger partial charge in [0.15, 0.2) is 5.11 Å². The summed E-state index contributed by atoms with van der Waals surface area (Å²) in [5, 5.41) is 8.94. The summed E-state index contributed by atoms with van der Waals surface area (Å²) in [7, 11) is 0. The highest BCUT2D eigenvalue weighted by Gasteiger charge is 2.05. The number of nitrogens with zero attached hydrogens (tertiary/aromatic N) is 1. The second-order valence-electron chi connectivity index (χ2n) is 4.70. The molecule has 22 heavy (non-hydrogen) atoms. The third kappa shape index (κ3) is 4.44. The predicted octanol–water partition coefficient (Wildman–Crippen LogP) is 5.01. The van der Waals surface area contributed by atoms with Crippen molar-refractivity contribution in [2.75, 3.05) is 5.32 Å². The molecule has 0 bridgehead atoms. The number of anilines is 1. The van der Waals surface area contributed by atoms with Gasteiger partial charge in [-0.1, -0.05) is 41.4 Å². The lowest BCUT2D eigenvalue weighted by molar-refractivity contribution is 1.04. The molecule has 0 amide bonds. The second kappa shape index (κ2) is 7.58. The van der Waals surface area contributed by atoms with E-state index in [1.165, 1.54) is 0 Å². The first-order valence-corrected chi connectivity index (χ1v) is 7.76. The van der Waals surface area contributed by atoms with Gasteiger partial charge in [0.1, 0.15) is 0 Å². The second-order valence-corrected chi connectivity index (χ2v) is 5.95. The molecule has 0 atom stereocenters. The molecule has 0 aromatic heterocycles. The van der Waals surface area contributed by atoms with Crippen LogP contribution in [-0.2, 0) is 0 Å². The maximum Gasteiger partial charge on any atom is 0.191 e. The van der Waals surface area contributed by atoms with E-state index in [1.807, 2.05) is 38.1 Å². The molecule has 0 saturated heterocycles. The molecule has 0 unspecified atom stereocenters. The van der Waals surface area contributed by atoms with Gasteiger partial charge in [0.25, 0.3) is 0 Å². The van der Waals surface area contributed by atoms with E-state index in [-0.39, 0.29) is 0 Å². The van der Waals surface area contributed by atoms with Gasteiger partial charge in [-0.15, -0.1) is 0 Å². The first-order chi connectivity index (χ1) is 10.5. The molecule has 0 aliphatic carbocycles. The maximum absolute atomic E-state index is 6.14. The van der Waals surface area contributed by atoms with E-state index in [4.69, 9.17) is 35.4 Å². The van der Waals surface area contributed by atoms with Gasteiger partial charge in [-0.05, 0) is 55.9 Å². The molecule has 0 fully saturated rings. The van der Waals surface area contributed by atoms with Crippen LogP contribution in [0.15, 0.2) is 47.6 Å². The smallest absolute Gasteiger partial charge is 0.191 e. The molecule has 6 heteroatoms. The standard InChI is InChI=1S/C16H15Cl2N3S/c1-10-5-3-4-6-15(10)19-16(22)21-20-11(2)13-9-12(17)7-8-14(13)18/h3-9H,1-2H3,(H2,19,21,22)/b20-11-. The summed E-state index contributed by atoms with van der Waals surface area (Å²) in [5.41, 5.74) is 6.31. The van der Waals surface area contributed by atoms with Crippen LogP contribution in [0.1, 0.15) is 18.1 Å². The van der Waals surface area contributed by atoms with Crippen molar-refractivity contribution < 1.29 is 0 Å². The third-order valence-electron chi connectivity index (χ3n) is 3.04. The molecule has 114 valence electrons. The van der Waals surface area contributed by atoms with Crippen LogP contribution in [0, 0.1) is 6.92 Å². The Morgan fingerprint density at radius 3 is 2.59 bits per heavy atom. The van der Waals surface area contributed by atoms with Crippen LogP contribution in [0.3, 0.4) is 0 Å². The normalized spacial score (nSPS) is 11.2. The van der Waals surface area contributed by atoms with Gasteiger partial charge in [0.2, 0.25) is 0 Å². The van der Waals surface area contributed by atoms with Crippen molar-refractivity contribution >= 4 is 51.9 Å². The lowest BCUT2D eigenvalue weighted by Gasteiger charge is -2.10. The zero-order valence-electron chi connectivity index (χ0n) is 12.2. The number of benzene rings is 2. The third-order valence-corrected chi connectivity index (χ3v) is 3.79. The number of hydrogen-bond acceptors (Lipinski definition) is 2. The van der Waals surface area contributed by atoms with Gasteiger partial charge in [0.05, 0.1) is 5.71 Å². The molecule has 0 aliphatic rings. The van der Waals surface area contributed by atoms with E-state index in [1.54, 1.807) is 18.2 Å². The van der Waals surface area contributed by atoms with E-state index in [9.17, 15) is 0 Å². The summed E-state index contributed by atoms with van der Waals surface area (Å²) < 4.78 is 0. The topological polar surface area (TPSA) is 36.4 Å². The Hall–Kier alpha value is -1.62. The number of thiocarbonyl (C=S) groups is 1. The van der Waals surface area contributed by atoms with Crippen LogP contribution in [0.2, 0.25) is 10.0 Å². The monoisotopic (exact) mass is 351 g/mol. The highest BCUT2D eigenvalue weighted by molar-refractivity contribution is 7.80. The molecule has 0 heterocycles. The van der Waals surface area contributed by atoms with E-state index in [0.717, 1.165) is 16.8 Å². The molecular weight excluding hydrogens is 337 g/mol. The van der Waals surface area contributed by atoms with E-state index in [0.29, 0.717) is 20.9 Å². The van der Waals surface area contributed by atoms with Crippen molar-refractivity contribution in [1.82, 2.24) is 5.43 Å². The molecule has 2 aromatic carbocycles. The van der Waals surface area contributed by atoms with Gasteiger partial charge in [-0.2, -0.15) is 5.10 Å². The fourth-order valence-electron chi connectivity index (χ4n) is 1.83. The molecule has 3 nitrogen and oxygen atoms in total. The van der Waals surface area contributed by atoms with Crippen molar-refractivity contribution in [1.29, 1.82) is 0 Å². The van der Waals surface area contributed by atoms with Crippen LogP contribution in [0.4, 0.5) is 5.69 Å². The molecule has 2 N–H and O–H groups in total. The van der Waals surface area contributed by atoms with E-state index < -0.39 is 0 Å². The lowest BCUT2D eigenvalue weighted by atomic mass is 10.1. The predicted molar refractivity (Wildman–Crippen MR) is 99.2 cm³/mol. The average Bonchev–Trinajstić information content (AvgIpc) is 2.49. The Morgan fingerprint density at radius 2 is 1.86 bits per heavy atom. The summed E-state index contributed by atoms with van der Waals surface area (Å²) in [6, 6.07) is 13.1. The summed E-state index contributed by atoms with van der Waals surface area (Å²) in [6.45, 7) is 3.84. The number of nitrogens with one attached hydrogen (secondary N) is 2. The summed E-state index contributed by atoms with van der Waals surface area (Å²) in [4.78, 5) is 0. The van der Waals surface area contributed by atoms with Gasteiger partial charge >= 0.3 is 0 Å². The molecule has 0 spiro atoms. The Kier molecular flexibility index (Phi) is 5.77. The Morgan fingerprint density at radius 1 is 1.14 bits per heavy atom. The van der Waals surface area contributed by atoms with E-state index >= 15 is 0 Å². The Labute approximate surface area is 145 Å². The van der Waals surface area contributed by atoms with Crippen LogP contribution in [0.25, 0.3) is 0 Å². The van der Waals surface area contributed by atoms with Crippen molar-refractivity contribution in [2.24, 2.45) is 5.10 Å². The molecule has 0 radical (unpaired) electrons. The summed E-state index contributed by atoms with van der Waals surface area (Å²) in [6.07, 6.45) is 0. The van der Waals surface area contributed by atoms with Crippen LogP contribution < -0.4 is 10.7 Å². The number of hydrogen-bond donors (Lipinski definition) is 2. The van der Waals surface area contributed by atoms with Gasteiger partial charge < -0.3 is 5.32 Å². The number of para-hydroxylation sites is 1. The van der Waals surface area contributed by atoms with Crippen LogP contribution in [0.5, 0.6) is 0 Å². The quantitative estimate of drug-likeness (QED) is 0.463. The van der Waals surface area contributed by atoms with Gasteiger partial charge in [-0.25, -0.2) is 0 Å². The fraction of sp³-hybridized carbons (Fsp3) is 0.125. The zero-order valence-corrected chi connectivity index (χ0v) is 14.5. The largest absolute Gasteiger partial charge is 0.331 e. The molecule has 0 saturated carbocycles. The van der Waals surface area contributed by atoms with Crippen molar-refractivity contribution in [3.63, 3.8) is 0 Å². The van der Waals surface area contributed by atoms with Crippen molar-refractivity contribution in [3.05, 3.63) is 63.6 Å². The molecule has 2 aromatic rings.